The van der Waals surface area contributed by atoms with Gasteiger partial charge in [-0.2, -0.15) is 0 Å². The summed E-state index contributed by atoms with van der Waals surface area (Å²) in [5.41, 5.74) is 2.06. The smallest absolute Gasteiger partial charge is 0.101 e. The van der Waals surface area contributed by atoms with Crippen LogP contribution in [0.2, 0.25) is 0 Å². The molecule has 1 unspecified atom stereocenters. The van der Waals surface area contributed by atoms with Crippen molar-refractivity contribution in [2.24, 2.45) is 0 Å². The monoisotopic (exact) mass is 361 g/mol. The molecule has 0 N–H and O–H groups in total. The van der Waals surface area contributed by atoms with Crippen molar-refractivity contribution < 1.29 is 0 Å². The highest BCUT2D eigenvalue weighted by Crippen LogP contribution is 2.20. The van der Waals surface area contributed by atoms with Crippen molar-refractivity contribution in [3.63, 3.8) is 0 Å². The third-order valence-electron chi connectivity index (χ3n) is 2.49. The summed E-state index contributed by atoms with van der Waals surface area (Å²) in [6, 6.07) is 8.37. The maximum atomic E-state index is 6.11. The van der Waals surface area contributed by atoms with Crippen LogP contribution >= 0.6 is 34.2 Å². The minimum absolute atomic E-state index is 0.0412. The number of hydrogen-bond donors (Lipinski definition) is 0. The summed E-state index contributed by atoms with van der Waals surface area (Å²) in [7, 11) is 0. The molecule has 0 spiro atoms. The van der Waals surface area contributed by atoms with Gasteiger partial charge < -0.3 is 0 Å². The molecule has 0 aliphatic carbocycles. The molecule has 0 aliphatic rings. The van der Waals surface area contributed by atoms with E-state index in [1.54, 1.807) is 0 Å². The number of hydrogen-bond acceptors (Lipinski definition) is 2. The van der Waals surface area contributed by atoms with Crippen molar-refractivity contribution >= 4 is 34.2 Å². The Morgan fingerprint density at radius 1 is 1.35 bits per heavy atom. The van der Waals surface area contributed by atoms with Gasteiger partial charge in [-0.15, -0.1) is 16.7 Å². The Labute approximate surface area is 119 Å². The number of alkyl halides is 1. The van der Waals surface area contributed by atoms with E-state index < -0.39 is 0 Å². The molecule has 1 heterocycles. The predicted molar refractivity (Wildman–Crippen MR) is 77.2 cm³/mol. The summed E-state index contributed by atoms with van der Waals surface area (Å²) in [6.45, 7) is 2.77. The molecule has 5 heteroatoms. The van der Waals surface area contributed by atoms with Gasteiger partial charge >= 0.3 is 0 Å². The SMILES string of the molecule is CCC(Cl)c1cn(Cc2ccc(I)cc2)nn1. The first-order chi connectivity index (χ1) is 8.19. The lowest BCUT2D eigenvalue weighted by atomic mass is 10.2. The zero-order valence-electron chi connectivity index (χ0n) is 9.48. The second-order valence-corrected chi connectivity index (χ2v) is 5.62. The van der Waals surface area contributed by atoms with E-state index >= 15 is 0 Å². The van der Waals surface area contributed by atoms with Crippen molar-refractivity contribution in [1.82, 2.24) is 15.0 Å². The number of rotatable bonds is 4. The van der Waals surface area contributed by atoms with E-state index in [1.807, 2.05) is 17.8 Å². The molecule has 0 bridgehead atoms. The highest BCUT2D eigenvalue weighted by atomic mass is 127. The Morgan fingerprint density at radius 2 is 2.06 bits per heavy atom. The molecule has 0 amide bonds. The minimum atomic E-state index is -0.0412. The second kappa shape index (κ2) is 5.82. The van der Waals surface area contributed by atoms with Crippen molar-refractivity contribution in [3.8, 4) is 0 Å². The molecule has 1 aromatic heterocycles. The van der Waals surface area contributed by atoms with Gasteiger partial charge in [0.15, 0.2) is 0 Å². The summed E-state index contributed by atoms with van der Waals surface area (Å²) in [5, 5.41) is 8.12. The third-order valence-corrected chi connectivity index (χ3v) is 3.74. The standard InChI is InChI=1S/C12H13ClIN3/c1-2-11(13)12-8-17(16-15-12)7-9-3-5-10(14)6-4-9/h3-6,8,11H,2,7H2,1H3. The molecule has 1 aromatic carbocycles. The Morgan fingerprint density at radius 3 is 2.71 bits per heavy atom. The molecular weight excluding hydrogens is 349 g/mol. The molecule has 0 aliphatic heterocycles. The van der Waals surface area contributed by atoms with Crippen LogP contribution in [0, 0.1) is 3.57 Å². The van der Waals surface area contributed by atoms with Gasteiger partial charge in [-0.25, -0.2) is 4.68 Å². The Kier molecular flexibility index (Phi) is 4.39. The number of nitrogens with zero attached hydrogens (tertiary/aromatic N) is 3. The molecule has 0 fully saturated rings. The van der Waals surface area contributed by atoms with Crippen molar-refractivity contribution in [3.05, 3.63) is 45.3 Å². The van der Waals surface area contributed by atoms with E-state index in [2.05, 4.69) is 57.2 Å². The van der Waals surface area contributed by atoms with Gasteiger partial charge in [-0.3, -0.25) is 0 Å². The Bertz CT molecular complexity index is 481. The fourth-order valence-electron chi connectivity index (χ4n) is 1.52. The molecule has 0 radical (unpaired) electrons. The number of benzene rings is 1. The maximum absolute atomic E-state index is 6.11. The highest BCUT2D eigenvalue weighted by molar-refractivity contribution is 14.1. The third kappa shape index (κ3) is 3.42. The summed E-state index contributed by atoms with van der Waals surface area (Å²) >= 11 is 8.40. The van der Waals surface area contributed by atoms with Crippen LogP contribution in [0.5, 0.6) is 0 Å². The van der Waals surface area contributed by atoms with Gasteiger partial charge in [-0.05, 0) is 46.7 Å². The first-order valence-electron chi connectivity index (χ1n) is 5.47. The van der Waals surface area contributed by atoms with Crippen LogP contribution < -0.4 is 0 Å². The Balaban J connectivity index is 2.08. The van der Waals surface area contributed by atoms with Gasteiger partial charge in [0.05, 0.1) is 18.1 Å². The van der Waals surface area contributed by atoms with E-state index in [1.165, 1.54) is 9.13 Å². The molecule has 1 atom stereocenters. The topological polar surface area (TPSA) is 30.7 Å². The first kappa shape index (κ1) is 12.8. The van der Waals surface area contributed by atoms with Gasteiger partial charge in [0, 0.05) is 3.57 Å². The average Bonchev–Trinajstić information content (AvgIpc) is 2.80. The molecule has 3 nitrogen and oxygen atoms in total. The average molecular weight is 362 g/mol. The quantitative estimate of drug-likeness (QED) is 0.615. The van der Waals surface area contributed by atoms with Crippen LogP contribution in [0.15, 0.2) is 30.5 Å². The molecule has 2 rings (SSSR count). The van der Waals surface area contributed by atoms with Crippen LogP contribution in [-0.4, -0.2) is 15.0 Å². The van der Waals surface area contributed by atoms with Crippen LogP contribution in [-0.2, 0) is 6.54 Å². The van der Waals surface area contributed by atoms with E-state index in [0.29, 0.717) is 0 Å². The fourth-order valence-corrected chi connectivity index (χ4v) is 1.98. The zero-order valence-corrected chi connectivity index (χ0v) is 12.4. The molecule has 0 saturated heterocycles. The lowest BCUT2D eigenvalue weighted by Crippen LogP contribution is -2.00. The predicted octanol–water partition coefficient (Wildman–Crippen LogP) is 3.62. The lowest BCUT2D eigenvalue weighted by Gasteiger charge is -2.01. The van der Waals surface area contributed by atoms with Crippen LogP contribution in [0.25, 0.3) is 0 Å². The summed E-state index contributed by atoms with van der Waals surface area (Å²) in [5.74, 6) is 0. The molecule has 0 saturated carbocycles. The van der Waals surface area contributed by atoms with Crippen molar-refractivity contribution in [2.45, 2.75) is 25.3 Å². The van der Waals surface area contributed by atoms with Gasteiger partial charge in [0.1, 0.15) is 5.69 Å². The first-order valence-corrected chi connectivity index (χ1v) is 6.99. The van der Waals surface area contributed by atoms with Crippen molar-refractivity contribution in [2.75, 3.05) is 0 Å². The van der Waals surface area contributed by atoms with E-state index in [4.69, 9.17) is 11.6 Å². The molecule has 2 aromatic rings. The molecular formula is C12H13ClIN3. The van der Waals surface area contributed by atoms with Gasteiger partial charge in [0.2, 0.25) is 0 Å². The van der Waals surface area contributed by atoms with Crippen LogP contribution in [0.4, 0.5) is 0 Å². The van der Waals surface area contributed by atoms with E-state index in [9.17, 15) is 0 Å². The number of aromatic nitrogens is 3. The highest BCUT2D eigenvalue weighted by Gasteiger charge is 2.09. The number of halogens is 2. The van der Waals surface area contributed by atoms with Crippen molar-refractivity contribution in [1.29, 1.82) is 0 Å². The normalized spacial score (nSPS) is 12.6. The summed E-state index contributed by atoms with van der Waals surface area (Å²) in [4.78, 5) is 0. The Hall–Kier alpha value is -0.620. The van der Waals surface area contributed by atoms with E-state index in [0.717, 1.165) is 18.7 Å². The molecule has 17 heavy (non-hydrogen) atoms. The van der Waals surface area contributed by atoms with Gasteiger partial charge in [0.25, 0.3) is 0 Å². The van der Waals surface area contributed by atoms with Crippen LogP contribution in [0.3, 0.4) is 0 Å². The van der Waals surface area contributed by atoms with Gasteiger partial charge in [-0.1, -0.05) is 24.3 Å². The zero-order chi connectivity index (χ0) is 12.3. The van der Waals surface area contributed by atoms with E-state index in [-0.39, 0.29) is 5.38 Å². The summed E-state index contributed by atoms with van der Waals surface area (Å²) in [6.07, 6.45) is 2.78. The minimum Gasteiger partial charge on any atom is -0.248 e. The lowest BCUT2D eigenvalue weighted by molar-refractivity contribution is 0.649. The largest absolute Gasteiger partial charge is 0.248 e. The molecule has 90 valence electrons. The summed E-state index contributed by atoms with van der Waals surface area (Å²) < 4.78 is 3.06. The second-order valence-electron chi connectivity index (χ2n) is 3.84. The van der Waals surface area contributed by atoms with Crippen LogP contribution in [0.1, 0.15) is 30.0 Å². The maximum Gasteiger partial charge on any atom is 0.101 e. The fraction of sp³-hybridized carbons (Fsp3) is 0.333.